The quantitative estimate of drug-likeness (QED) is 0.255. The van der Waals surface area contributed by atoms with Gasteiger partial charge in [-0.3, -0.25) is 0 Å². The molecule has 8 saturated carbocycles. The van der Waals surface area contributed by atoms with E-state index in [-0.39, 0.29) is 24.1 Å². The summed E-state index contributed by atoms with van der Waals surface area (Å²) in [6.45, 7) is 0. The second-order valence-electron chi connectivity index (χ2n) is 15.6. The predicted octanol–water partition coefficient (Wildman–Crippen LogP) is 10.1. The van der Waals surface area contributed by atoms with Crippen LogP contribution in [-0.2, 0) is 5.41 Å². The molecule has 0 aliphatic heterocycles. The molecule has 0 spiro atoms. The van der Waals surface area contributed by atoms with Gasteiger partial charge in [-0.05, 0) is 117 Å². The molecule has 4 unspecified atom stereocenters. The summed E-state index contributed by atoms with van der Waals surface area (Å²) >= 11 is 0. The van der Waals surface area contributed by atoms with E-state index in [4.69, 9.17) is 5.73 Å². The van der Waals surface area contributed by atoms with Crippen LogP contribution in [-0.4, -0.2) is 24.7 Å². The molecule has 1 aromatic rings. The zero-order valence-electron chi connectivity index (χ0n) is 23.0. The third-order valence-electron chi connectivity index (χ3n) is 13.2. The highest BCUT2D eigenvalue weighted by Crippen LogP contribution is 2.88. The molecule has 0 saturated heterocycles. The maximum absolute atomic E-state index is 15.2. The van der Waals surface area contributed by atoms with Crippen LogP contribution in [0, 0.1) is 38.4 Å². The van der Waals surface area contributed by atoms with Gasteiger partial charge < -0.3 is 5.73 Å². The van der Waals surface area contributed by atoms with Crippen LogP contribution in [0.15, 0.2) is 24.3 Å². The molecule has 240 valence electrons. The van der Waals surface area contributed by atoms with Crippen LogP contribution in [0.4, 0.5) is 58.4 Å². The number of alkyl halides is 12. The Bertz CT molecular complexity index is 1280. The fourth-order valence-electron chi connectivity index (χ4n) is 12.6. The SMILES string of the molecule is Nc1ccc(C23CC4(C(F)(F)F)CC(C(F)(F)F)(C2)CC(C25CC6CC(C(F)(F)F)(CC(C(F)(F)F)(C6)C2)C5)(C3)C4)cc1. The summed E-state index contributed by atoms with van der Waals surface area (Å²) in [5.74, 6) is -1.09. The molecule has 9 rings (SSSR count). The van der Waals surface area contributed by atoms with Crippen molar-refractivity contribution in [2.24, 2.45) is 38.4 Å². The molecule has 13 heteroatoms. The lowest BCUT2D eigenvalue weighted by Crippen LogP contribution is -2.75. The van der Waals surface area contributed by atoms with Gasteiger partial charge >= 0.3 is 24.7 Å². The molecule has 8 aliphatic rings. The number of nitrogens with two attached hydrogens (primary N) is 1. The molecule has 0 radical (unpaired) electrons. The smallest absolute Gasteiger partial charge is 0.394 e. The zero-order chi connectivity index (χ0) is 31.5. The first kappa shape index (κ1) is 29.9. The fourth-order valence-corrected chi connectivity index (χ4v) is 12.6. The average molecular weight is 634 g/mol. The molecule has 2 N–H and O–H groups in total. The van der Waals surface area contributed by atoms with Crippen molar-refractivity contribution >= 4 is 5.69 Å². The Labute approximate surface area is 239 Å². The molecule has 0 aromatic heterocycles. The predicted molar refractivity (Wildman–Crippen MR) is 130 cm³/mol. The standard InChI is InChI=1S/C30H31F12N/c31-27(32,33)22-6-17-5-21(11-22,12-23(7-17,13-22)28(34,35)36)24-8-20(18-1-3-19(43)4-2-18)9-25(14-24,29(37,38)39)16-26(10-20,15-24)30(40,41)42/h1-4,17H,5-16,43H2. The lowest BCUT2D eigenvalue weighted by molar-refractivity contribution is -0.404. The summed E-state index contributed by atoms with van der Waals surface area (Å²) in [5.41, 5.74) is -11.0. The molecule has 8 bridgehead atoms. The van der Waals surface area contributed by atoms with Crippen LogP contribution in [0.1, 0.15) is 82.6 Å². The molecule has 1 aromatic carbocycles. The molecule has 43 heavy (non-hydrogen) atoms. The molecule has 4 atom stereocenters. The third kappa shape index (κ3) is 3.56. The van der Waals surface area contributed by atoms with Crippen molar-refractivity contribution in [2.45, 2.75) is 107 Å². The number of anilines is 1. The minimum Gasteiger partial charge on any atom is -0.399 e. The highest BCUT2D eigenvalue weighted by atomic mass is 19.4. The minimum absolute atomic E-state index is 0.174. The molecular weight excluding hydrogens is 602 g/mol. The first-order valence-electron chi connectivity index (χ1n) is 14.5. The van der Waals surface area contributed by atoms with Crippen LogP contribution in [0.25, 0.3) is 0 Å². The van der Waals surface area contributed by atoms with E-state index in [1.54, 1.807) is 0 Å². The Balaban J connectivity index is 1.50. The van der Waals surface area contributed by atoms with E-state index >= 15 is 26.3 Å². The van der Waals surface area contributed by atoms with E-state index in [1.165, 1.54) is 24.3 Å². The maximum Gasteiger partial charge on any atom is 0.394 e. The van der Waals surface area contributed by atoms with Crippen LogP contribution >= 0.6 is 0 Å². The van der Waals surface area contributed by atoms with Crippen molar-refractivity contribution in [3.8, 4) is 0 Å². The van der Waals surface area contributed by atoms with Crippen molar-refractivity contribution < 1.29 is 52.7 Å². The largest absolute Gasteiger partial charge is 0.399 e. The van der Waals surface area contributed by atoms with E-state index in [0.29, 0.717) is 0 Å². The molecular formula is C30H31F12N. The van der Waals surface area contributed by atoms with Gasteiger partial charge in [0.1, 0.15) is 0 Å². The van der Waals surface area contributed by atoms with Crippen molar-refractivity contribution in [1.29, 1.82) is 0 Å². The van der Waals surface area contributed by atoms with Gasteiger partial charge in [0.05, 0.1) is 21.7 Å². The van der Waals surface area contributed by atoms with Crippen molar-refractivity contribution in [2.75, 3.05) is 5.73 Å². The van der Waals surface area contributed by atoms with Crippen LogP contribution in [0.5, 0.6) is 0 Å². The lowest BCUT2D eigenvalue weighted by atomic mass is 9.25. The van der Waals surface area contributed by atoms with Crippen molar-refractivity contribution in [3.05, 3.63) is 29.8 Å². The Hall–Kier alpha value is -1.82. The first-order valence-corrected chi connectivity index (χ1v) is 14.5. The number of benzene rings is 1. The van der Waals surface area contributed by atoms with Gasteiger partial charge in [0.15, 0.2) is 0 Å². The van der Waals surface area contributed by atoms with Gasteiger partial charge in [0.25, 0.3) is 0 Å². The summed E-state index contributed by atoms with van der Waals surface area (Å²) in [5, 5.41) is 0. The number of hydrogen-bond donors (Lipinski definition) is 1. The van der Waals surface area contributed by atoms with Crippen LogP contribution < -0.4 is 5.73 Å². The average Bonchev–Trinajstić information content (AvgIpc) is 2.80. The Morgan fingerprint density at radius 1 is 0.465 bits per heavy atom. The number of halogens is 12. The number of rotatable bonds is 2. The van der Waals surface area contributed by atoms with Gasteiger partial charge in [-0.25, -0.2) is 0 Å². The minimum atomic E-state index is -5.15. The number of nitrogen functional groups attached to an aromatic ring is 1. The Morgan fingerprint density at radius 3 is 1.28 bits per heavy atom. The fraction of sp³-hybridized carbons (Fsp3) is 0.800. The molecule has 8 fully saturated rings. The van der Waals surface area contributed by atoms with Crippen LogP contribution in [0.3, 0.4) is 0 Å². The summed E-state index contributed by atoms with van der Waals surface area (Å²) in [6.07, 6.45) is -29.5. The highest BCUT2D eigenvalue weighted by molar-refractivity contribution is 5.44. The Morgan fingerprint density at radius 2 is 0.860 bits per heavy atom. The maximum atomic E-state index is 15.2. The topological polar surface area (TPSA) is 26.0 Å². The van der Waals surface area contributed by atoms with Gasteiger partial charge in [-0.15, -0.1) is 0 Å². The summed E-state index contributed by atoms with van der Waals surface area (Å²) < 4.78 is 181. The number of hydrogen-bond acceptors (Lipinski definition) is 1. The normalized spacial score (nSPS) is 47.4. The van der Waals surface area contributed by atoms with Gasteiger partial charge in [0, 0.05) is 5.69 Å². The van der Waals surface area contributed by atoms with E-state index < -0.39 is 133 Å². The molecule has 1 nitrogen and oxygen atoms in total. The third-order valence-corrected chi connectivity index (χ3v) is 13.2. The highest BCUT2D eigenvalue weighted by Gasteiger charge is 2.86. The molecule has 0 amide bonds. The molecule has 0 heterocycles. The lowest BCUT2D eigenvalue weighted by Gasteiger charge is -2.78. The van der Waals surface area contributed by atoms with Gasteiger partial charge in [-0.1, -0.05) is 12.1 Å². The second kappa shape index (κ2) is 7.76. The summed E-state index contributed by atoms with van der Waals surface area (Å²) in [7, 11) is 0. The Kier molecular flexibility index (Phi) is 5.39. The van der Waals surface area contributed by atoms with Crippen molar-refractivity contribution in [1.82, 2.24) is 0 Å². The van der Waals surface area contributed by atoms with Crippen LogP contribution in [0.2, 0.25) is 0 Å². The zero-order valence-corrected chi connectivity index (χ0v) is 23.0. The summed E-state index contributed by atoms with van der Waals surface area (Å²) in [4.78, 5) is 0. The second-order valence-corrected chi connectivity index (χ2v) is 15.6. The molecule has 8 aliphatic carbocycles. The van der Waals surface area contributed by atoms with Gasteiger partial charge in [0.2, 0.25) is 0 Å². The summed E-state index contributed by atoms with van der Waals surface area (Å²) in [6, 6.07) is 5.48. The van der Waals surface area contributed by atoms with E-state index in [9.17, 15) is 26.3 Å². The first-order chi connectivity index (χ1) is 19.4. The van der Waals surface area contributed by atoms with E-state index in [0.717, 1.165) is 0 Å². The van der Waals surface area contributed by atoms with E-state index in [2.05, 4.69) is 0 Å². The van der Waals surface area contributed by atoms with Gasteiger partial charge in [-0.2, -0.15) is 52.7 Å². The van der Waals surface area contributed by atoms with Crippen molar-refractivity contribution in [3.63, 3.8) is 0 Å². The van der Waals surface area contributed by atoms with E-state index in [1.807, 2.05) is 0 Å². The monoisotopic (exact) mass is 633 g/mol.